The van der Waals surface area contributed by atoms with Gasteiger partial charge in [-0.1, -0.05) is 36.0 Å². The first kappa shape index (κ1) is 13.0. The molecule has 0 fully saturated rings. The van der Waals surface area contributed by atoms with Gasteiger partial charge in [0.15, 0.2) is 0 Å². The van der Waals surface area contributed by atoms with Crippen molar-refractivity contribution in [3.05, 3.63) is 35.4 Å². The Bertz CT molecular complexity index is 523. The van der Waals surface area contributed by atoms with E-state index in [2.05, 4.69) is 34.6 Å². The Hall–Kier alpha value is -1.40. The van der Waals surface area contributed by atoms with Gasteiger partial charge in [0.05, 0.1) is 5.25 Å². The molecule has 2 unspecified atom stereocenters. The quantitative estimate of drug-likeness (QED) is 0.850. The van der Waals surface area contributed by atoms with Crippen LogP contribution in [0.1, 0.15) is 23.3 Å². The molecule has 0 saturated carbocycles. The minimum atomic E-state index is 0.0211. The van der Waals surface area contributed by atoms with Gasteiger partial charge >= 0.3 is 0 Å². The van der Waals surface area contributed by atoms with Crippen LogP contribution in [0.3, 0.4) is 0 Å². The van der Waals surface area contributed by atoms with Crippen LogP contribution in [-0.2, 0) is 7.05 Å². The number of aryl methyl sites for hydroxylation is 2. The second-order valence-corrected chi connectivity index (χ2v) is 5.45. The first-order chi connectivity index (χ1) is 8.59. The number of rotatable bonds is 4. The Morgan fingerprint density at radius 1 is 1.33 bits per heavy atom. The summed E-state index contributed by atoms with van der Waals surface area (Å²) in [4.78, 5) is 0. The van der Waals surface area contributed by atoms with E-state index in [1.54, 1.807) is 16.4 Å². The molecule has 0 saturated heterocycles. The van der Waals surface area contributed by atoms with Crippen molar-refractivity contribution in [1.82, 2.24) is 20.2 Å². The predicted octanol–water partition coefficient (Wildman–Crippen LogP) is 1.70. The zero-order chi connectivity index (χ0) is 13.1. The number of benzene rings is 1. The maximum absolute atomic E-state index is 6.11. The third kappa shape index (κ3) is 2.70. The maximum Gasteiger partial charge on any atom is 0.209 e. The average Bonchev–Trinajstić information content (AvgIpc) is 2.73. The van der Waals surface area contributed by atoms with E-state index < -0.39 is 0 Å². The molecule has 1 aromatic carbocycles. The Morgan fingerprint density at radius 3 is 2.61 bits per heavy atom. The molecule has 96 valence electrons. The summed E-state index contributed by atoms with van der Waals surface area (Å²) < 4.78 is 1.66. The van der Waals surface area contributed by atoms with Crippen LogP contribution in [0.15, 0.2) is 29.4 Å². The molecule has 2 atom stereocenters. The first-order valence-electron chi connectivity index (χ1n) is 5.79. The van der Waals surface area contributed by atoms with Crippen molar-refractivity contribution in [2.24, 2.45) is 12.8 Å². The molecule has 5 nitrogen and oxygen atoms in total. The van der Waals surface area contributed by atoms with Crippen molar-refractivity contribution in [2.75, 3.05) is 0 Å². The summed E-state index contributed by atoms with van der Waals surface area (Å²) in [5, 5.41) is 12.4. The number of hydrogen-bond donors (Lipinski definition) is 1. The molecule has 0 radical (unpaired) electrons. The Morgan fingerprint density at radius 2 is 2.06 bits per heavy atom. The molecule has 6 heteroatoms. The van der Waals surface area contributed by atoms with Crippen LogP contribution in [0.4, 0.5) is 0 Å². The molecule has 0 amide bonds. The fourth-order valence-corrected chi connectivity index (χ4v) is 2.90. The van der Waals surface area contributed by atoms with Crippen LogP contribution >= 0.6 is 11.8 Å². The number of hydrogen-bond acceptors (Lipinski definition) is 5. The summed E-state index contributed by atoms with van der Waals surface area (Å²) >= 11 is 1.60. The van der Waals surface area contributed by atoms with Crippen LogP contribution in [0.5, 0.6) is 0 Å². The summed E-state index contributed by atoms with van der Waals surface area (Å²) in [6, 6.07) is 8.30. The molecule has 2 rings (SSSR count). The monoisotopic (exact) mass is 263 g/mol. The molecule has 1 aromatic heterocycles. The van der Waals surface area contributed by atoms with E-state index in [1.165, 1.54) is 11.1 Å². The smallest absolute Gasteiger partial charge is 0.209 e. The van der Waals surface area contributed by atoms with Crippen molar-refractivity contribution >= 4 is 11.8 Å². The van der Waals surface area contributed by atoms with Crippen molar-refractivity contribution in [3.8, 4) is 0 Å². The first-order valence-corrected chi connectivity index (χ1v) is 6.67. The Kier molecular flexibility index (Phi) is 3.98. The van der Waals surface area contributed by atoms with Gasteiger partial charge in [0.2, 0.25) is 5.16 Å². The van der Waals surface area contributed by atoms with E-state index in [-0.39, 0.29) is 11.3 Å². The van der Waals surface area contributed by atoms with Gasteiger partial charge in [0.25, 0.3) is 0 Å². The number of aromatic nitrogens is 4. The molecular formula is C12H17N5S. The highest BCUT2D eigenvalue weighted by atomic mass is 32.2. The highest BCUT2D eigenvalue weighted by Gasteiger charge is 2.21. The Labute approximate surface area is 111 Å². The minimum absolute atomic E-state index is 0.0211. The van der Waals surface area contributed by atoms with Gasteiger partial charge in [-0.15, -0.1) is 5.10 Å². The van der Waals surface area contributed by atoms with E-state index >= 15 is 0 Å². The van der Waals surface area contributed by atoms with E-state index in [1.807, 2.05) is 26.1 Å². The van der Waals surface area contributed by atoms with Gasteiger partial charge in [-0.25, -0.2) is 4.68 Å². The molecule has 1 heterocycles. The molecule has 0 aliphatic rings. The fourth-order valence-electron chi connectivity index (χ4n) is 1.79. The van der Waals surface area contributed by atoms with Crippen LogP contribution in [0.25, 0.3) is 0 Å². The molecule has 0 bridgehead atoms. The lowest BCUT2D eigenvalue weighted by atomic mass is 10.0. The normalized spacial score (nSPS) is 14.4. The summed E-state index contributed by atoms with van der Waals surface area (Å²) in [5.41, 5.74) is 8.58. The van der Waals surface area contributed by atoms with E-state index in [4.69, 9.17) is 5.73 Å². The van der Waals surface area contributed by atoms with Gasteiger partial charge in [0, 0.05) is 13.1 Å². The molecule has 0 aliphatic heterocycles. The van der Waals surface area contributed by atoms with Gasteiger partial charge in [-0.3, -0.25) is 0 Å². The van der Waals surface area contributed by atoms with Gasteiger partial charge < -0.3 is 5.73 Å². The lowest BCUT2D eigenvalue weighted by Crippen LogP contribution is -2.23. The zero-order valence-corrected chi connectivity index (χ0v) is 11.6. The maximum atomic E-state index is 6.11. The molecule has 18 heavy (non-hydrogen) atoms. The topological polar surface area (TPSA) is 69.6 Å². The highest BCUT2D eigenvalue weighted by molar-refractivity contribution is 7.99. The van der Waals surface area contributed by atoms with Crippen LogP contribution in [-0.4, -0.2) is 26.2 Å². The van der Waals surface area contributed by atoms with E-state index in [0.29, 0.717) is 0 Å². The summed E-state index contributed by atoms with van der Waals surface area (Å²) in [5.74, 6) is 0. The summed E-state index contributed by atoms with van der Waals surface area (Å²) in [6.07, 6.45) is 0. The molecule has 2 N–H and O–H groups in total. The summed E-state index contributed by atoms with van der Waals surface area (Å²) in [6.45, 7) is 4.11. The van der Waals surface area contributed by atoms with E-state index in [9.17, 15) is 0 Å². The third-order valence-corrected chi connectivity index (χ3v) is 4.28. The second kappa shape index (κ2) is 5.49. The van der Waals surface area contributed by atoms with Gasteiger partial charge in [-0.2, -0.15) is 0 Å². The molecule has 2 aromatic rings. The molecule has 0 spiro atoms. The standard InChI is InChI=1S/C12H17N5S/c1-8-6-4-5-7-10(8)11(9(2)13)18-12-14-15-16-17(12)3/h4-7,9,11H,13H2,1-3H3. The number of thioether (sulfide) groups is 1. The molecule has 0 aliphatic carbocycles. The van der Waals surface area contributed by atoms with Crippen molar-refractivity contribution < 1.29 is 0 Å². The van der Waals surface area contributed by atoms with Gasteiger partial charge in [0.1, 0.15) is 0 Å². The van der Waals surface area contributed by atoms with Crippen LogP contribution in [0, 0.1) is 6.92 Å². The molecular weight excluding hydrogens is 246 g/mol. The lowest BCUT2D eigenvalue weighted by molar-refractivity contribution is 0.657. The van der Waals surface area contributed by atoms with Gasteiger partial charge in [-0.05, 0) is 35.4 Å². The van der Waals surface area contributed by atoms with Crippen LogP contribution < -0.4 is 5.73 Å². The largest absolute Gasteiger partial charge is 0.327 e. The second-order valence-electron chi connectivity index (χ2n) is 4.34. The third-order valence-electron chi connectivity index (χ3n) is 2.79. The average molecular weight is 263 g/mol. The minimum Gasteiger partial charge on any atom is -0.327 e. The fraction of sp³-hybridized carbons (Fsp3) is 0.417. The SMILES string of the molecule is Cc1ccccc1C(Sc1nnnn1C)C(C)N. The van der Waals surface area contributed by atoms with E-state index in [0.717, 1.165) is 5.16 Å². The number of nitrogens with zero attached hydrogens (tertiary/aromatic N) is 4. The predicted molar refractivity (Wildman–Crippen MR) is 72.2 cm³/mol. The lowest BCUT2D eigenvalue weighted by Gasteiger charge is -2.21. The zero-order valence-electron chi connectivity index (χ0n) is 10.7. The highest BCUT2D eigenvalue weighted by Crippen LogP contribution is 2.36. The van der Waals surface area contributed by atoms with Crippen molar-refractivity contribution in [2.45, 2.75) is 30.3 Å². The number of tetrazole rings is 1. The van der Waals surface area contributed by atoms with Crippen molar-refractivity contribution in [1.29, 1.82) is 0 Å². The summed E-state index contributed by atoms with van der Waals surface area (Å²) in [7, 11) is 1.83. The van der Waals surface area contributed by atoms with Crippen molar-refractivity contribution in [3.63, 3.8) is 0 Å². The Balaban J connectivity index is 2.30. The number of nitrogens with two attached hydrogens (primary N) is 1. The van der Waals surface area contributed by atoms with Crippen LogP contribution in [0.2, 0.25) is 0 Å².